The van der Waals surface area contributed by atoms with E-state index >= 15 is 0 Å². The topological polar surface area (TPSA) is 82.0 Å². The van der Waals surface area contributed by atoms with E-state index in [4.69, 9.17) is 16.6 Å². The molecule has 1 unspecified atom stereocenters. The first-order valence-electron chi connectivity index (χ1n) is 19.1. The van der Waals surface area contributed by atoms with Crippen molar-refractivity contribution in [2.24, 2.45) is 4.99 Å². The minimum absolute atomic E-state index is 0.123. The Kier molecular flexibility index (Phi) is 9.81. The Balaban J connectivity index is 1.06. The van der Waals surface area contributed by atoms with Crippen LogP contribution in [0.2, 0.25) is 5.02 Å². The zero-order valence-electron chi connectivity index (χ0n) is 31.0. The van der Waals surface area contributed by atoms with Gasteiger partial charge in [-0.15, -0.1) is 0 Å². The van der Waals surface area contributed by atoms with E-state index in [0.717, 1.165) is 27.5 Å². The lowest BCUT2D eigenvalue weighted by molar-refractivity contribution is -0.138. The van der Waals surface area contributed by atoms with Crippen molar-refractivity contribution in [2.45, 2.75) is 25.6 Å². The van der Waals surface area contributed by atoms with Crippen LogP contribution in [0.3, 0.4) is 0 Å². The SMILES string of the molecule is O=C(CN1Cc2ccc3ccccc3c2-c2c(ccc3ccccc23)C1)Nc1ccc(Cl)cc1C(=NC(Cc1ccc2ccccc2c1)C(=O)O)c1ccccc1. The number of benzene rings is 8. The van der Waals surface area contributed by atoms with E-state index in [1.807, 2.05) is 72.8 Å². The number of aliphatic imine (C=N–C) groups is 1. The van der Waals surface area contributed by atoms with Gasteiger partial charge in [-0.05, 0) is 78.3 Å². The first-order chi connectivity index (χ1) is 27.9. The molecule has 6 nitrogen and oxygen atoms in total. The molecular formula is C50H38ClN3O3. The van der Waals surface area contributed by atoms with Crippen LogP contribution in [0.4, 0.5) is 5.69 Å². The summed E-state index contributed by atoms with van der Waals surface area (Å²) in [4.78, 5) is 34.2. The molecule has 0 spiro atoms. The molecule has 1 amide bonds. The van der Waals surface area contributed by atoms with Crippen LogP contribution >= 0.6 is 11.6 Å². The number of rotatable bonds is 9. The summed E-state index contributed by atoms with van der Waals surface area (Å²) in [7, 11) is 0. The molecule has 2 N–H and O–H groups in total. The van der Waals surface area contributed by atoms with Gasteiger partial charge in [0.2, 0.25) is 5.91 Å². The summed E-state index contributed by atoms with van der Waals surface area (Å²) in [5.74, 6) is -1.25. The summed E-state index contributed by atoms with van der Waals surface area (Å²) in [6, 6.07) is 53.2. The molecule has 0 saturated heterocycles. The Morgan fingerprint density at radius 1 is 0.649 bits per heavy atom. The van der Waals surface area contributed by atoms with Crippen molar-refractivity contribution in [2.75, 3.05) is 11.9 Å². The van der Waals surface area contributed by atoms with Crippen LogP contribution in [0.15, 0.2) is 169 Å². The van der Waals surface area contributed by atoms with Gasteiger partial charge in [-0.2, -0.15) is 0 Å². The van der Waals surface area contributed by atoms with Gasteiger partial charge in [-0.1, -0.05) is 157 Å². The minimum atomic E-state index is -1.10. The van der Waals surface area contributed by atoms with Crippen molar-refractivity contribution >= 4 is 67.2 Å². The maximum absolute atomic E-state index is 14.2. The predicted molar refractivity (Wildman–Crippen MR) is 232 cm³/mol. The zero-order chi connectivity index (χ0) is 38.9. The number of carboxylic acids is 1. The molecule has 8 aromatic carbocycles. The van der Waals surface area contributed by atoms with Crippen LogP contribution in [0.1, 0.15) is 27.8 Å². The van der Waals surface area contributed by atoms with Crippen molar-refractivity contribution < 1.29 is 14.7 Å². The van der Waals surface area contributed by atoms with Crippen molar-refractivity contribution in [3.63, 3.8) is 0 Å². The van der Waals surface area contributed by atoms with E-state index in [9.17, 15) is 14.7 Å². The fourth-order valence-electron chi connectivity index (χ4n) is 8.18. The Morgan fingerprint density at radius 3 is 1.88 bits per heavy atom. The highest BCUT2D eigenvalue weighted by Crippen LogP contribution is 2.42. The number of anilines is 1. The number of fused-ring (bicyclic) bond motifs is 8. The lowest BCUT2D eigenvalue weighted by Crippen LogP contribution is -2.32. The smallest absolute Gasteiger partial charge is 0.328 e. The van der Waals surface area contributed by atoms with Gasteiger partial charge in [0.25, 0.3) is 0 Å². The Hall–Kier alpha value is -6.60. The van der Waals surface area contributed by atoms with Crippen molar-refractivity contribution in [3.05, 3.63) is 197 Å². The molecule has 0 saturated carbocycles. The third-order valence-electron chi connectivity index (χ3n) is 10.8. The van der Waals surface area contributed by atoms with E-state index in [1.54, 1.807) is 18.2 Å². The van der Waals surface area contributed by atoms with Gasteiger partial charge in [0.1, 0.15) is 0 Å². The van der Waals surface area contributed by atoms with Crippen molar-refractivity contribution in [3.8, 4) is 11.1 Å². The van der Waals surface area contributed by atoms with Crippen LogP contribution in [0.5, 0.6) is 0 Å². The fraction of sp³-hybridized carbons (Fsp3) is 0.100. The standard InChI is InChI=1S/C50H38ClN3O3/c51-40-24-25-44(43(28-40)49(36-13-2-1-3-14-36)53-45(50(56)57)27-32-18-19-33-10-4-5-15-37(33)26-32)52-46(55)31-54-29-38-22-20-34-11-6-8-16-41(34)47(38)48-39(30-54)23-21-35-12-7-9-17-42(35)48/h1-26,28,45H,27,29-31H2,(H,52,55)(H,56,57). The van der Waals surface area contributed by atoms with Gasteiger partial charge in [0.05, 0.1) is 17.9 Å². The second kappa shape index (κ2) is 15.5. The number of aliphatic carboxylic acids is 1. The number of amides is 1. The van der Waals surface area contributed by atoms with Crippen LogP contribution < -0.4 is 5.32 Å². The molecule has 7 heteroatoms. The molecule has 1 atom stereocenters. The number of halogens is 1. The van der Waals surface area contributed by atoms with E-state index < -0.39 is 12.0 Å². The molecule has 278 valence electrons. The first-order valence-corrected chi connectivity index (χ1v) is 19.4. The molecule has 1 heterocycles. The summed E-state index contributed by atoms with van der Waals surface area (Å²) in [6.45, 7) is 1.28. The fourth-order valence-corrected chi connectivity index (χ4v) is 8.35. The number of carboxylic acid groups (broad SMARTS) is 1. The molecular weight excluding hydrogens is 726 g/mol. The lowest BCUT2D eigenvalue weighted by Gasteiger charge is -2.22. The third kappa shape index (κ3) is 7.41. The maximum Gasteiger partial charge on any atom is 0.328 e. The van der Waals surface area contributed by atoms with Crippen molar-refractivity contribution in [1.29, 1.82) is 0 Å². The molecule has 0 bridgehead atoms. The van der Waals surface area contributed by atoms with Crippen LogP contribution in [-0.2, 0) is 29.1 Å². The summed E-state index contributed by atoms with van der Waals surface area (Å²) < 4.78 is 0. The quantitative estimate of drug-likeness (QED) is 0.143. The van der Waals surface area contributed by atoms with Gasteiger partial charge in [-0.25, -0.2) is 4.79 Å². The maximum atomic E-state index is 14.2. The number of carbonyl (C=O) groups is 2. The molecule has 57 heavy (non-hydrogen) atoms. The molecule has 1 aliphatic heterocycles. The Morgan fingerprint density at radius 2 is 1.23 bits per heavy atom. The van der Waals surface area contributed by atoms with Gasteiger partial charge >= 0.3 is 5.97 Å². The Labute approximate surface area is 335 Å². The van der Waals surface area contributed by atoms with E-state index in [1.165, 1.54) is 32.7 Å². The largest absolute Gasteiger partial charge is 0.480 e. The van der Waals surface area contributed by atoms with Gasteiger partial charge in [0.15, 0.2) is 6.04 Å². The number of hydrogen-bond donors (Lipinski definition) is 2. The molecule has 0 radical (unpaired) electrons. The molecule has 0 fully saturated rings. The number of hydrogen-bond acceptors (Lipinski definition) is 4. The number of carbonyl (C=O) groups excluding carboxylic acids is 1. The van der Waals surface area contributed by atoms with Gasteiger partial charge in [-0.3, -0.25) is 14.7 Å². The van der Waals surface area contributed by atoms with E-state index in [2.05, 4.69) is 83.0 Å². The van der Waals surface area contributed by atoms with E-state index in [0.29, 0.717) is 40.6 Å². The zero-order valence-corrected chi connectivity index (χ0v) is 31.8. The molecule has 8 aromatic rings. The minimum Gasteiger partial charge on any atom is -0.480 e. The number of nitrogens with one attached hydrogen (secondary N) is 1. The predicted octanol–water partition coefficient (Wildman–Crippen LogP) is 11.0. The first kappa shape index (κ1) is 36.1. The summed E-state index contributed by atoms with van der Waals surface area (Å²) in [5, 5.41) is 21.0. The highest BCUT2D eigenvalue weighted by atomic mass is 35.5. The highest BCUT2D eigenvalue weighted by Gasteiger charge is 2.26. The molecule has 0 aliphatic carbocycles. The summed E-state index contributed by atoms with van der Waals surface area (Å²) in [6.07, 6.45) is 0.182. The third-order valence-corrected chi connectivity index (χ3v) is 11.0. The summed E-state index contributed by atoms with van der Waals surface area (Å²) >= 11 is 6.63. The summed E-state index contributed by atoms with van der Waals surface area (Å²) in [5.41, 5.74) is 7.77. The average molecular weight is 764 g/mol. The monoisotopic (exact) mass is 763 g/mol. The second-order valence-electron chi connectivity index (χ2n) is 14.6. The molecule has 9 rings (SSSR count). The highest BCUT2D eigenvalue weighted by molar-refractivity contribution is 6.31. The van der Waals surface area contributed by atoms with E-state index in [-0.39, 0.29) is 18.9 Å². The Bertz CT molecular complexity index is 2780. The second-order valence-corrected chi connectivity index (χ2v) is 15.0. The normalized spacial score (nSPS) is 13.5. The number of nitrogens with zero attached hydrogens (tertiary/aromatic N) is 2. The van der Waals surface area contributed by atoms with Crippen LogP contribution in [0.25, 0.3) is 43.4 Å². The van der Waals surface area contributed by atoms with Crippen molar-refractivity contribution in [1.82, 2.24) is 4.90 Å². The lowest BCUT2D eigenvalue weighted by atomic mass is 9.88. The van der Waals surface area contributed by atoms with Gasteiger partial charge in [0, 0.05) is 35.7 Å². The van der Waals surface area contributed by atoms with Gasteiger partial charge < -0.3 is 10.4 Å². The molecule has 1 aliphatic rings. The van der Waals surface area contributed by atoms with Crippen LogP contribution in [0, 0.1) is 0 Å². The molecule has 0 aromatic heterocycles. The average Bonchev–Trinajstić information content (AvgIpc) is 3.40. The van der Waals surface area contributed by atoms with Crippen LogP contribution in [-0.4, -0.2) is 40.2 Å².